The van der Waals surface area contributed by atoms with E-state index in [0.717, 1.165) is 16.7 Å². The van der Waals surface area contributed by atoms with E-state index in [1.165, 1.54) is 6.26 Å². The monoisotopic (exact) mass is 322 g/mol. The molecule has 2 aromatic rings. The van der Waals surface area contributed by atoms with E-state index >= 15 is 0 Å². The SMILES string of the molecule is CS(=O)(=O)Cc1ccc(C(N=N)c2ccc(Cl)cc2)cc1. The highest BCUT2D eigenvalue weighted by atomic mass is 35.5. The molecule has 0 aliphatic carbocycles. The molecule has 21 heavy (non-hydrogen) atoms. The number of benzene rings is 2. The zero-order valence-corrected chi connectivity index (χ0v) is 13.0. The summed E-state index contributed by atoms with van der Waals surface area (Å²) in [7, 11) is -3.05. The molecule has 0 fully saturated rings. The maximum absolute atomic E-state index is 11.3. The third-order valence-electron chi connectivity index (χ3n) is 3.04. The van der Waals surface area contributed by atoms with Crippen molar-refractivity contribution in [3.05, 3.63) is 70.2 Å². The Morgan fingerprint density at radius 2 is 1.52 bits per heavy atom. The Labute approximate surface area is 129 Å². The molecule has 0 saturated carbocycles. The number of nitrogens with zero attached hydrogens (tertiary/aromatic N) is 1. The maximum atomic E-state index is 11.3. The molecule has 0 bridgehead atoms. The summed E-state index contributed by atoms with van der Waals surface area (Å²) in [5.41, 5.74) is 9.81. The number of halogens is 1. The summed E-state index contributed by atoms with van der Waals surface area (Å²) in [6.45, 7) is 0. The van der Waals surface area contributed by atoms with Gasteiger partial charge in [0.05, 0.1) is 5.75 Å². The highest BCUT2D eigenvalue weighted by molar-refractivity contribution is 7.89. The summed E-state index contributed by atoms with van der Waals surface area (Å²) in [4.78, 5) is 0. The zero-order chi connectivity index (χ0) is 15.5. The van der Waals surface area contributed by atoms with E-state index in [2.05, 4.69) is 5.11 Å². The maximum Gasteiger partial charge on any atom is 0.151 e. The van der Waals surface area contributed by atoms with Crippen molar-refractivity contribution >= 4 is 21.4 Å². The van der Waals surface area contributed by atoms with Crippen molar-refractivity contribution in [1.29, 1.82) is 5.53 Å². The quantitative estimate of drug-likeness (QED) is 0.845. The minimum atomic E-state index is -3.05. The molecule has 1 unspecified atom stereocenters. The molecule has 4 nitrogen and oxygen atoms in total. The Hall–Kier alpha value is -1.72. The van der Waals surface area contributed by atoms with Gasteiger partial charge in [0.2, 0.25) is 0 Å². The average Bonchev–Trinajstić information content (AvgIpc) is 2.42. The minimum Gasteiger partial charge on any atom is -0.229 e. The van der Waals surface area contributed by atoms with Gasteiger partial charge in [-0.15, -0.1) is 0 Å². The molecule has 0 aliphatic rings. The van der Waals surface area contributed by atoms with Crippen molar-refractivity contribution in [3.8, 4) is 0 Å². The first-order valence-electron chi connectivity index (χ1n) is 6.27. The number of rotatable bonds is 5. The third-order valence-corrected chi connectivity index (χ3v) is 4.15. The van der Waals surface area contributed by atoms with Crippen LogP contribution in [0.1, 0.15) is 22.7 Å². The Morgan fingerprint density at radius 1 is 1.05 bits per heavy atom. The highest BCUT2D eigenvalue weighted by Crippen LogP contribution is 2.27. The highest BCUT2D eigenvalue weighted by Gasteiger charge is 2.13. The second-order valence-corrected chi connectivity index (χ2v) is 7.47. The van der Waals surface area contributed by atoms with Crippen LogP contribution in [0.3, 0.4) is 0 Å². The predicted molar refractivity (Wildman–Crippen MR) is 83.4 cm³/mol. The fourth-order valence-electron chi connectivity index (χ4n) is 2.09. The Morgan fingerprint density at radius 3 is 1.95 bits per heavy atom. The molecule has 1 N–H and O–H groups in total. The second-order valence-electron chi connectivity index (χ2n) is 4.89. The summed E-state index contributed by atoms with van der Waals surface area (Å²) >= 11 is 5.85. The summed E-state index contributed by atoms with van der Waals surface area (Å²) < 4.78 is 22.5. The van der Waals surface area contributed by atoms with Crippen molar-refractivity contribution in [3.63, 3.8) is 0 Å². The molecule has 0 radical (unpaired) electrons. The lowest BCUT2D eigenvalue weighted by Gasteiger charge is -2.12. The topological polar surface area (TPSA) is 70.3 Å². The van der Waals surface area contributed by atoms with Gasteiger partial charge in [0.15, 0.2) is 9.84 Å². The van der Waals surface area contributed by atoms with Crippen LogP contribution in [0, 0.1) is 5.53 Å². The lowest BCUT2D eigenvalue weighted by molar-refractivity contribution is 0.601. The van der Waals surface area contributed by atoms with Gasteiger partial charge in [-0.05, 0) is 28.8 Å². The Bertz CT molecular complexity index is 725. The molecular weight excluding hydrogens is 308 g/mol. The van der Waals surface area contributed by atoms with Crippen LogP contribution in [0.5, 0.6) is 0 Å². The van der Waals surface area contributed by atoms with Crippen molar-refractivity contribution in [2.24, 2.45) is 5.11 Å². The van der Waals surface area contributed by atoms with E-state index < -0.39 is 15.9 Å². The van der Waals surface area contributed by atoms with Crippen LogP contribution in [0.4, 0.5) is 0 Å². The molecule has 6 heteroatoms. The van der Waals surface area contributed by atoms with Gasteiger partial charge in [-0.3, -0.25) is 0 Å². The lowest BCUT2D eigenvalue weighted by Crippen LogP contribution is -2.02. The summed E-state index contributed by atoms with van der Waals surface area (Å²) in [6, 6.07) is 13.9. The molecule has 0 heterocycles. The largest absolute Gasteiger partial charge is 0.229 e. The fraction of sp³-hybridized carbons (Fsp3) is 0.200. The Kier molecular flexibility index (Phi) is 4.75. The Balaban J connectivity index is 2.27. The van der Waals surface area contributed by atoms with Crippen LogP contribution >= 0.6 is 11.6 Å². The summed E-state index contributed by atoms with van der Waals surface area (Å²) in [6.07, 6.45) is 1.20. The standard InChI is InChI=1S/C15H15ClN2O2S/c1-21(19,20)10-11-2-4-12(5-3-11)15(18-17)13-6-8-14(16)9-7-13/h2-9,15,17H,10H2,1H3. The van der Waals surface area contributed by atoms with Crippen LogP contribution in [-0.4, -0.2) is 14.7 Å². The van der Waals surface area contributed by atoms with Gasteiger partial charge < -0.3 is 0 Å². The average molecular weight is 323 g/mol. The van der Waals surface area contributed by atoms with Gasteiger partial charge in [-0.2, -0.15) is 5.11 Å². The molecular formula is C15H15ClN2O2S. The van der Waals surface area contributed by atoms with Crippen LogP contribution in [0.2, 0.25) is 5.02 Å². The molecule has 110 valence electrons. The van der Waals surface area contributed by atoms with E-state index in [0.29, 0.717) is 5.02 Å². The molecule has 2 rings (SSSR count). The molecule has 0 aliphatic heterocycles. The minimum absolute atomic E-state index is 0.0108. The molecule has 2 aromatic carbocycles. The van der Waals surface area contributed by atoms with Crippen LogP contribution in [-0.2, 0) is 15.6 Å². The van der Waals surface area contributed by atoms with E-state index in [-0.39, 0.29) is 5.75 Å². The van der Waals surface area contributed by atoms with Crippen molar-refractivity contribution in [1.82, 2.24) is 0 Å². The second kappa shape index (κ2) is 6.37. The number of sulfone groups is 1. The zero-order valence-electron chi connectivity index (χ0n) is 11.5. The molecule has 0 saturated heterocycles. The van der Waals surface area contributed by atoms with Gasteiger partial charge in [0.25, 0.3) is 0 Å². The van der Waals surface area contributed by atoms with Crippen LogP contribution < -0.4 is 0 Å². The first-order valence-corrected chi connectivity index (χ1v) is 8.71. The van der Waals surface area contributed by atoms with E-state index in [9.17, 15) is 8.42 Å². The molecule has 0 amide bonds. The van der Waals surface area contributed by atoms with E-state index in [4.69, 9.17) is 17.1 Å². The van der Waals surface area contributed by atoms with Crippen molar-refractivity contribution in [2.45, 2.75) is 11.8 Å². The van der Waals surface area contributed by atoms with Crippen LogP contribution in [0.15, 0.2) is 53.6 Å². The normalized spacial score (nSPS) is 12.9. The molecule has 0 aromatic heterocycles. The summed E-state index contributed by atoms with van der Waals surface area (Å²) in [5, 5.41) is 4.28. The van der Waals surface area contributed by atoms with E-state index in [1.807, 2.05) is 12.1 Å². The first-order chi connectivity index (χ1) is 9.89. The van der Waals surface area contributed by atoms with Gasteiger partial charge in [0.1, 0.15) is 6.04 Å². The van der Waals surface area contributed by atoms with Gasteiger partial charge in [-0.1, -0.05) is 48.0 Å². The van der Waals surface area contributed by atoms with Gasteiger partial charge >= 0.3 is 0 Å². The van der Waals surface area contributed by atoms with Gasteiger partial charge in [-0.25, -0.2) is 13.9 Å². The van der Waals surface area contributed by atoms with Crippen molar-refractivity contribution in [2.75, 3.05) is 6.26 Å². The summed E-state index contributed by atoms with van der Waals surface area (Å²) in [5.74, 6) is 0.0108. The number of hydrogen-bond acceptors (Lipinski definition) is 4. The lowest BCUT2D eigenvalue weighted by atomic mass is 9.99. The number of hydrogen-bond donors (Lipinski definition) is 1. The molecule has 0 spiro atoms. The van der Waals surface area contributed by atoms with Gasteiger partial charge in [0, 0.05) is 11.3 Å². The fourth-order valence-corrected chi connectivity index (χ4v) is 3.01. The van der Waals surface area contributed by atoms with E-state index in [1.54, 1.807) is 36.4 Å². The van der Waals surface area contributed by atoms with Crippen LogP contribution in [0.25, 0.3) is 0 Å². The molecule has 1 atom stereocenters. The van der Waals surface area contributed by atoms with Crippen molar-refractivity contribution < 1.29 is 8.42 Å². The number of nitrogens with one attached hydrogen (secondary N) is 1. The predicted octanol–water partition coefficient (Wildman–Crippen LogP) is 4.00. The third kappa shape index (κ3) is 4.37. The first kappa shape index (κ1) is 15.7. The smallest absolute Gasteiger partial charge is 0.151 e.